The van der Waals surface area contributed by atoms with Crippen molar-refractivity contribution in [2.45, 2.75) is 32.8 Å². The Morgan fingerprint density at radius 2 is 1.81 bits per heavy atom. The van der Waals surface area contributed by atoms with Crippen LogP contribution in [0.4, 0.5) is 0 Å². The highest BCUT2D eigenvalue weighted by Gasteiger charge is 2.27. The quantitative estimate of drug-likeness (QED) is 0.807. The zero-order chi connectivity index (χ0) is 16.2. The number of aliphatic hydroxyl groups excluding tert-OH is 1. The van der Waals surface area contributed by atoms with Crippen LogP contribution in [0.5, 0.6) is 11.5 Å². The molecule has 0 radical (unpaired) electrons. The third-order valence-corrected chi connectivity index (χ3v) is 3.56. The van der Waals surface area contributed by atoms with Crippen molar-refractivity contribution < 1.29 is 24.5 Å². The first-order valence-corrected chi connectivity index (χ1v) is 6.89. The van der Waals surface area contributed by atoms with Gasteiger partial charge in [0.1, 0.15) is 0 Å². The fourth-order valence-electron chi connectivity index (χ4n) is 2.24. The summed E-state index contributed by atoms with van der Waals surface area (Å²) in [4.78, 5) is 10.8. The summed E-state index contributed by atoms with van der Waals surface area (Å²) in [6.07, 6.45) is -0.643. The van der Waals surface area contributed by atoms with Crippen LogP contribution in [-0.2, 0) is 4.79 Å². The summed E-state index contributed by atoms with van der Waals surface area (Å²) in [5.41, 5.74) is -0.0605. The minimum absolute atomic E-state index is 0.0328. The van der Waals surface area contributed by atoms with E-state index in [0.29, 0.717) is 22.1 Å². The first kappa shape index (κ1) is 17.6. The van der Waals surface area contributed by atoms with Crippen molar-refractivity contribution in [2.24, 2.45) is 5.41 Å². The van der Waals surface area contributed by atoms with Crippen LogP contribution in [0.1, 0.15) is 38.4 Å². The van der Waals surface area contributed by atoms with Crippen LogP contribution in [0.2, 0.25) is 5.02 Å². The van der Waals surface area contributed by atoms with Crippen LogP contribution in [0, 0.1) is 5.41 Å². The summed E-state index contributed by atoms with van der Waals surface area (Å²) in [5, 5.41) is 19.6. The van der Waals surface area contributed by atoms with E-state index in [1.54, 1.807) is 26.0 Å². The Kier molecular flexibility index (Phi) is 5.87. The summed E-state index contributed by atoms with van der Waals surface area (Å²) >= 11 is 6.15. The molecule has 0 spiro atoms. The molecule has 0 bridgehead atoms. The molecule has 0 aromatic heterocycles. The maximum atomic E-state index is 10.8. The Balaban J connectivity index is 3.02. The lowest BCUT2D eigenvalue weighted by molar-refractivity contribution is -0.139. The highest BCUT2D eigenvalue weighted by Crippen LogP contribution is 2.40. The smallest absolute Gasteiger partial charge is 0.303 e. The lowest BCUT2D eigenvalue weighted by Gasteiger charge is -2.26. The van der Waals surface area contributed by atoms with Gasteiger partial charge in [0.15, 0.2) is 11.5 Å². The van der Waals surface area contributed by atoms with Crippen LogP contribution in [0.3, 0.4) is 0 Å². The molecule has 0 aliphatic carbocycles. The summed E-state index contributed by atoms with van der Waals surface area (Å²) in [5.74, 6) is 0.0424. The van der Waals surface area contributed by atoms with Crippen molar-refractivity contribution in [1.29, 1.82) is 0 Å². The summed E-state index contributed by atoms with van der Waals surface area (Å²) in [6.45, 7) is 3.58. The van der Waals surface area contributed by atoms with E-state index in [-0.39, 0.29) is 12.8 Å². The van der Waals surface area contributed by atoms with Crippen LogP contribution in [-0.4, -0.2) is 30.4 Å². The summed E-state index contributed by atoms with van der Waals surface area (Å²) in [6, 6.07) is 3.19. The van der Waals surface area contributed by atoms with Gasteiger partial charge in [0, 0.05) is 11.6 Å². The normalized spacial score (nSPS) is 12.9. The average Bonchev–Trinajstić information content (AvgIpc) is 2.35. The Bertz CT molecular complexity index is 513. The number of carbonyl (C=O) groups is 1. The molecule has 0 heterocycles. The maximum absolute atomic E-state index is 10.8. The molecule has 0 aliphatic heterocycles. The monoisotopic (exact) mass is 316 g/mol. The highest BCUT2D eigenvalue weighted by molar-refractivity contribution is 6.31. The van der Waals surface area contributed by atoms with Crippen molar-refractivity contribution in [1.82, 2.24) is 0 Å². The maximum Gasteiger partial charge on any atom is 0.303 e. The first-order valence-electron chi connectivity index (χ1n) is 6.51. The number of hydrogen-bond donors (Lipinski definition) is 2. The Hall–Kier alpha value is -1.46. The number of rotatable bonds is 7. The lowest BCUT2D eigenvalue weighted by atomic mass is 9.82. The number of carboxylic acid groups (broad SMARTS) is 1. The van der Waals surface area contributed by atoms with Gasteiger partial charge in [-0.2, -0.15) is 0 Å². The second-order valence-electron chi connectivity index (χ2n) is 5.68. The second-order valence-corrected chi connectivity index (χ2v) is 6.09. The SMILES string of the molecule is COc1cc(Cl)c(C(O)CC(C)(C)CC(=O)O)cc1OC. The second kappa shape index (κ2) is 7.00. The van der Waals surface area contributed by atoms with Crippen LogP contribution >= 0.6 is 11.6 Å². The molecule has 1 aromatic rings. The minimum Gasteiger partial charge on any atom is -0.493 e. The summed E-state index contributed by atoms with van der Waals surface area (Å²) < 4.78 is 10.3. The van der Waals surface area contributed by atoms with E-state index in [9.17, 15) is 9.90 Å². The lowest BCUT2D eigenvalue weighted by Crippen LogP contribution is -2.20. The molecule has 0 amide bonds. The van der Waals surface area contributed by atoms with E-state index in [4.69, 9.17) is 26.2 Å². The third-order valence-electron chi connectivity index (χ3n) is 3.24. The van der Waals surface area contributed by atoms with E-state index < -0.39 is 17.5 Å². The topological polar surface area (TPSA) is 76.0 Å². The van der Waals surface area contributed by atoms with Gasteiger partial charge in [-0.05, 0) is 17.9 Å². The number of ether oxygens (including phenoxy) is 2. The van der Waals surface area contributed by atoms with Crippen molar-refractivity contribution >= 4 is 17.6 Å². The van der Waals surface area contributed by atoms with Gasteiger partial charge in [-0.1, -0.05) is 25.4 Å². The van der Waals surface area contributed by atoms with Crippen LogP contribution < -0.4 is 9.47 Å². The predicted molar refractivity (Wildman–Crippen MR) is 80.2 cm³/mol. The Morgan fingerprint density at radius 3 is 2.29 bits per heavy atom. The van der Waals surface area contributed by atoms with Gasteiger partial charge in [0.25, 0.3) is 0 Å². The van der Waals surface area contributed by atoms with Gasteiger partial charge in [-0.25, -0.2) is 0 Å². The molecule has 0 fully saturated rings. The molecule has 118 valence electrons. The van der Waals surface area contributed by atoms with Gasteiger partial charge in [-0.3, -0.25) is 4.79 Å². The van der Waals surface area contributed by atoms with Gasteiger partial charge in [0.05, 0.1) is 31.8 Å². The molecule has 1 atom stereocenters. The zero-order valence-electron chi connectivity index (χ0n) is 12.6. The molecule has 2 N–H and O–H groups in total. The van der Waals surface area contributed by atoms with E-state index in [2.05, 4.69) is 0 Å². The molecule has 0 aliphatic rings. The number of hydrogen-bond acceptors (Lipinski definition) is 4. The predicted octanol–water partition coefficient (Wildman–Crippen LogP) is 3.28. The largest absolute Gasteiger partial charge is 0.493 e. The van der Waals surface area contributed by atoms with Crippen molar-refractivity contribution in [2.75, 3.05) is 14.2 Å². The summed E-state index contributed by atoms with van der Waals surface area (Å²) in [7, 11) is 3.00. The standard InChI is InChI=1S/C15H21ClO5/c1-15(2,8-14(18)19)7-11(17)9-5-12(20-3)13(21-4)6-10(9)16/h5-6,11,17H,7-8H2,1-4H3,(H,18,19). The molecule has 1 aromatic carbocycles. The molecule has 21 heavy (non-hydrogen) atoms. The number of aliphatic carboxylic acids is 1. The molecular weight excluding hydrogens is 296 g/mol. The molecular formula is C15H21ClO5. The van der Waals surface area contributed by atoms with Crippen LogP contribution in [0.15, 0.2) is 12.1 Å². The number of benzene rings is 1. The van der Waals surface area contributed by atoms with E-state index in [1.807, 2.05) is 0 Å². The van der Waals surface area contributed by atoms with Crippen molar-refractivity contribution in [3.8, 4) is 11.5 Å². The van der Waals surface area contributed by atoms with E-state index in [1.165, 1.54) is 14.2 Å². The first-order chi connectivity index (χ1) is 9.70. The fraction of sp³-hybridized carbons (Fsp3) is 0.533. The zero-order valence-corrected chi connectivity index (χ0v) is 13.4. The molecule has 6 heteroatoms. The number of halogens is 1. The molecule has 5 nitrogen and oxygen atoms in total. The average molecular weight is 317 g/mol. The fourth-order valence-corrected chi connectivity index (χ4v) is 2.52. The van der Waals surface area contributed by atoms with Crippen molar-refractivity contribution in [3.05, 3.63) is 22.7 Å². The minimum atomic E-state index is -0.898. The highest BCUT2D eigenvalue weighted by atomic mass is 35.5. The molecule has 1 rings (SSSR count). The number of carboxylic acids is 1. The van der Waals surface area contributed by atoms with Crippen LogP contribution in [0.25, 0.3) is 0 Å². The number of aliphatic hydroxyl groups is 1. The van der Waals surface area contributed by atoms with Gasteiger partial charge >= 0.3 is 5.97 Å². The van der Waals surface area contributed by atoms with Gasteiger partial charge in [0.2, 0.25) is 0 Å². The molecule has 1 unspecified atom stereocenters. The molecule has 0 saturated carbocycles. The number of methoxy groups -OCH3 is 2. The van der Waals surface area contributed by atoms with Gasteiger partial charge < -0.3 is 19.7 Å². The van der Waals surface area contributed by atoms with Gasteiger partial charge in [-0.15, -0.1) is 0 Å². The van der Waals surface area contributed by atoms with E-state index >= 15 is 0 Å². The Labute approximate surface area is 129 Å². The van der Waals surface area contributed by atoms with Crippen molar-refractivity contribution in [3.63, 3.8) is 0 Å². The van der Waals surface area contributed by atoms with E-state index in [0.717, 1.165) is 0 Å². The Morgan fingerprint density at radius 1 is 1.29 bits per heavy atom. The molecule has 0 saturated heterocycles. The third kappa shape index (κ3) is 4.79.